The zero-order valence-electron chi connectivity index (χ0n) is 9.03. The smallest absolute Gasteiger partial charge is 0.170 e. The number of benzene rings is 1. The van der Waals surface area contributed by atoms with Gasteiger partial charge in [0.05, 0.1) is 13.7 Å². The van der Waals surface area contributed by atoms with Gasteiger partial charge in [-0.2, -0.15) is 0 Å². The highest BCUT2D eigenvalue weighted by Gasteiger charge is 2.24. The van der Waals surface area contributed by atoms with E-state index in [1.807, 2.05) is 24.4 Å². The maximum Gasteiger partial charge on any atom is 0.170 e. The number of nitrogens with one attached hydrogen (secondary N) is 1. The van der Waals surface area contributed by atoms with Crippen molar-refractivity contribution in [1.82, 2.24) is 4.98 Å². The van der Waals surface area contributed by atoms with E-state index in [4.69, 9.17) is 14.2 Å². The van der Waals surface area contributed by atoms with Gasteiger partial charge < -0.3 is 19.2 Å². The molecule has 0 saturated carbocycles. The third kappa shape index (κ3) is 1.61. The molecule has 16 heavy (non-hydrogen) atoms. The Labute approximate surface area is 93.1 Å². The van der Waals surface area contributed by atoms with Crippen LogP contribution in [0.2, 0.25) is 0 Å². The highest BCUT2D eigenvalue weighted by Crippen LogP contribution is 2.35. The molecule has 1 aromatic heterocycles. The van der Waals surface area contributed by atoms with E-state index in [0.29, 0.717) is 6.61 Å². The molecule has 3 rings (SSSR count). The second kappa shape index (κ2) is 3.72. The van der Waals surface area contributed by atoms with Gasteiger partial charge in [-0.25, -0.2) is 0 Å². The minimum Gasteiger partial charge on any atom is -0.493 e. The zero-order chi connectivity index (χ0) is 11.0. The minimum atomic E-state index is 0.249. The lowest BCUT2D eigenvalue weighted by Gasteiger charge is -2.10. The molecule has 0 aliphatic carbocycles. The van der Waals surface area contributed by atoms with E-state index in [9.17, 15) is 0 Å². The van der Waals surface area contributed by atoms with Crippen LogP contribution in [0.15, 0.2) is 24.4 Å². The average Bonchev–Trinajstić information content (AvgIpc) is 3.01. The molecule has 0 unspecified atom stereocenters. The molecule has 1 aliphatic rings. The first kappa shape index (κ1) is 9.54. The maximum absolute atomic E-state index is 5.75. The standard InChI is InChI=1S/C12H13NO3/c1-14-11-3-2-10-9(4-5-13-10)12(11)16-7-8-6-15-8/h2-5,8,13H,6-7H2,1H3/t8-/m0/s1. The van der Waals surface area contributed by atoms with Gasteiger partial charge in [0.25, 0.3) is 0 Å². The lowest BCUT2D eigenvalue weighted by molar-refractivity contribution is 0.254. The Balaban J connectivity index is 1.98. The van der Waals surface area contributed by atoms with Crippen molar-refractivity contribution < 1.29 is 14.2 Å². The Morgan fingerprint density at radius 3 is 3.06 bits per heavy atom. The number of fused-ring (bicyclic) bond motifs is 1. The molecular formula is C12H13NO3. The highest BCUT2D eigenvalue weighted by molar-refractivity contribution is 5.88. The summed E-state index contributed by atoms with van der Waals surface area (Å²) >= 11 is 0. The molecule has 1 N–H and O–H groups in total. The number of methoxy groups -OCH3 is 1. The van der Waals surface area contributed by atoms with E-state index >= 15 is 0 Å². The number of aromatic nitrogens is 1. The summed E-state index contributed by atoms with van der Waals surface area (Å²) in [7, 11) is 1.65. The van der Waals surface area contributed by atoms with Crippen LogP contribution in [0.25, 0.3) is 10.9 Å². The lowest BCUT2D eigenvalue weighted by Crippen LogP contribution is -2.05. The van der Waals surface area contributed by atoms with E-state index in [2.05, 4.69) is 4.98 Å². The minimum absolute atomic E-state index is 0.249. The summed E-state index contributed by atoms with van der Waals surface area (Å²) < 4.78 is 16.2. The fourth-order valence-electron chi connectivity index (χ4n) is 1.74. The maximum atomic E-state index is 5.75. The molecular weight excluding hydrogens is 206 g/mol. The van der Waals surface area contributed by atoms with Gasteiger partial charge in [-0.15, -0.1) is 0 Å². The average molecular weight is 219 g/mol. The van der Waals surface area contributed by atoms with Gasteiger partial charge in [0.2, 0.25) is 0 Å². The quantitative estimate of drug-likeness (QED) is 0.799. The monoisotopic (exact) mass is 219 g/mol. The van der Waals surface area contributed by atoms with Gasteiger partial charge in [-0.1, -0.05) is 0 Å². The first-order chi connectivity index (χ1) is 7.88. The highest BCUT2D eigenvalue weighted by atomic mass is 16.6. The molecule has 2 aromatic rings. The van der Waals surface area contributed by atoms with Crippen LogP contribution in [0, 0.1) is 0 Å². The Bertz CT molecular complexity index is 502. The van der Waals surface area contributed by atoms with Crippen LogP contribution in [0.3, 0.4) is 0 Å². The number of H-pyrrole nitrogens is 1. The van der Waals surface area contributed by atoms with Crippen molar-refractivity contribution in [3.8, 4) is 11.5 Å². The topological polar surface area (TPSA) is 46.8 Å². The summed E-state index contributed by atoms with van der Waals surface area (Å²) in [6.45, 7) is 1.38. The number of aromatic amines is 1. The fourth-order valence-corrected chi connectivity index (χ4v) is 1.74. The normalized spacial score (nSPS) is 18.7. The van der Waals surface area contributed by atoms with Gasteiger partial charge in [-0.3, -0.25) is 0 Å². The third-order valence-electron chi connectivity index (χ3n) is 2.68. The summed E-state index contributed by atoms with van der Waals surface area (Å²) in [5, 5.41) is 1.04. The number of rotatable bonds is 4. The van der Waals surface area contributed by atoms with Crippen LogP contribution in [0.4, 0.5) is 0 Å². The van der Waals surface area contributed by atoms with E-state index in [0.717, 1.165) is 29.0 Å². The molecule has 4 heteroatoms. The van der Waals surface area contributed by atoms with E-state index < -0.39 is 0 Å². The number of epoxide rings is 1. The third-order valence-corrected chi connectivity index (χ3v) is 2.68. The summed E-state index contributed by atoms with van der Waals surface area (Å²) in [4.78, 5) is 3.15. The molecule has 84 valence electrons. The number of ether oxygens (including phenoxy) is 3. The van der Waals surface area contributed by atoms with Crippen LogP contribution in [-0.2, 0) is 4.74 Å². The molecule has 1 aliphatic heterocycles. The lowest BCUT2D eigenvalue weighted by atomic mass is 10.2. The van der Waals surface area contributed by atoms with Crippen LogP contribution < -0.4 is 9.47 Å². The molecule has 1 aromatic carbocycles. The fraction of sp³-hybridized carbons (Fsp3) is 0.333. The first-order valence-corrected chi connectivity index (χ1v) is 5.27. The Morgan fingerprint density at radius 1 is 1.44 bits per heavy atom. The molecule has 0 bridgehead atoms. The predicted molar refractivity (Wildman–Crippen MR) is 60.1 cm³/mol. The summed E-state index contributed by atoms with van der Waals surface area (Å²) in [5.41, 5.74) is 1.05. The molecule has 1 saturated heterocycles. The second-order valence-electron chi connectivity index (χ2n) is 3.80. The Kier molecular flexibility index (Phi) is 2.22. The van der Waals surface area contributed by atoms with Crippen molar-refractivity contribution in [3.05, 3.63) is 24.4 Å². The van der Waals surface area contributed by atoms with Crippen LogP contribution in [0.1, 0.15) is 0 Å². The predicted octanol–water partition coefficient (Wildman–Crippen LogP) is 1.95. The Hall–Kier alpha value is -1.68. The van der Waals surface area contributed by atoms with Crippen LogP contribution >= 0.6 is 0 Å². The van der Waals surface area contributed by atoms with Gasteiger partial charge in [0.15, 0.2) is 11.5 Å². The molecule has 0 spiro atoms. The van der Waals surface area contributed by atoms with Crippen molar-refractivity contribution in [2.45, 2.75) is 6.10 Å². The molecule has 0 radical (unpaired) electrons. The van der Waals surface area contributed by atoms with Crippen molar-refractivity contribution in [2.24, 2.45) is 0 Å². The zero-order valence-corrected chi connectivity index (χ0v) is 9.03. The van der Waals surface area contributed by atoms with Crippen molar-refractivity contribution >= 4 is 10.9 Å². The van der Waals surface area contributed by atoms with E-state index in [-0.39, 0.29) is 6.10 Å². The summed E-state index contributed by atoms with van der Waals surface area (Å²) in [6.07, 6.45) is 2.14. The Morgan fingerprint density at radius 2 is 2.31 bits per heavy atom. The van der Waals surface area contributed by atoms with Gasteiger partial charge in [-0.05, 0) is 18.2 Å². The SMILES string of the molecule is COc1ccc2[nH]ccc2c1OC[C@@H]1CO1. The van der Waals surface area contributed by atoms with Crippen LogP contribution in [0.5, 0.6) is 11.5 Å². The molecule has 4 nitrogen and oxygen atoms in total. The second-order valence-corrected chi connectivity index (χ2v) is 3.80. The van der Waals surface area contributed by atoms with E-state index in [1.54, 1.807) is 7.11 Å². The van der Waals surface area contributed by atoms with E-state index in [1.165, 1.54) is 0 Å². The molecule has 0 amide bonds. The van der Waals surface area contributed by atoms with Gasteiger partial charge >= 0.3 is 0 Å². The van der Waals surface area contributed by atoms with Crippen molar-refractivity contribution in [3.63, 3.8) is 0 Å². The number of hydrogen-bond donors (Lipinski definition) is 1. The van der Waals surface area contributed by atoms with Gasteiger partial charge in [0.1, 0.15) is 12.7 Å². The molecule has 1 fully saturated rings. The summed E-state index contributed by atoms with van der Waals surface area (Å²) in [6, 6.07) is 5.87. The van der Waals surface area contributed by atoms with Crippen LogP contribution in [-0.4, -0.2) is 31.4 Å². The first-order valence-electron chi connectivity index (χ1n) is 5.27. The largest absolute Gasteiger partial charge is 0.493 e. The molecule has 2 heterocycles. The summed E-state index contributed by atoms with van der Waals surface area (Å²) in [5.74, 6) is 1.55. The molecule has 1 atom stereocenters. The van der Waals surface area contributed by atoms with Gasteiger partial charge in [0, 0.05) is 17.1 Å². The number of hydrogen-bond acceptors (Lipinski definition) is 3. The van der Waals surface area contributed by atoms with Crippen molar-refractivity contribution in [2.75, 3.05) is 20.3 Å². The van der Waals surface area contributed by atoms with Crippen molar-refractivity contribution in [1.29, 1.82) is 0 Å².